The van der Waals surface area contributed by atoms with Crippen molar-refractivity contribution in [3.8, 4) is 5.75 Å². The zero-order chi connectivity index (χ0) is 22.9. The molecule has 0 saturated carbocycles. The number of carbonyl (C=O) groups is 2. The Labute approximate surface area is 185 Å². The summed E-state index contributed by atoms with van der Waals surface area (Å²) in [6.07, 6.45) is -4.84. The third-order valence-corrected chi connectivity index (χ3v) is 5.62. The van der Waals surface area contributed by atoms with Gasteiger partial charge in [0.1, 0.15) is 11.4 Å². The third kappa shape index (κ3) is 4.67. The first kappa shape index (κ1) is 21.6. The van der Waals surface area contributed by atoms with E-state index in [0.717, 1.165) is 28.2 Å². The summed E-state index contributed by atoms with van der Waals surface area (Å²) in [5.74, 6) is -1.46. The molecular formula is C23H17F3N2O3S. The van der Waals surface area contributed by atoms with E-state index in [1.165, 1.54) is 23.5 Å². The van der Waals surface area contributed by atoms with Gasteiger partial charge in [-0.2, -0.15) is 0 Å². The second kappa shape index (κ2) is 8.51. The van der Waals surface area contributed by atoms with Crippen molar-refractivity contribution in [3.63, 3.8) is 0 Å². The molecule has 5 nitrogen and oxygen atoms in total. The average molecular weight is 458 g/mol. The molecule has 4 rings (SSSR count). The molecule has 164 valence electrons. The molecule has 1 aliphatic heterocycles. The molecule has 1 aromatic heterocycles. The predicted octanol–water partition coefficient (Wildman–Crippen LogP) is 5.35. The molecule has 2 amide bonds. The van der Waals surface area contributed by atoms with Crippen molar-refractivity contribution in [2.45, 2.75) is 19.8 Å². The van der Waals surface area contributed by atoms with E-state index in [1.807, 2.05) is 31.2 Å². The lowest BCUT2D eigenvalue weighted by Gasteiger charge is -2.16. The SMILES string of the molecule is Cc1ccc(CN2C(=O)C(Nc3cccc(OC(F)(F)F)c3)=C(c3cccs3)C2=O)cc1. The highest BCUT2D eigenvalue weighted by Gasteiger charge is 2.39. The number of benzene rings is 2. The number of hydrogen-bond donors (Lipinski definition) is 1. The summed E-state index contributed by atoms with van der Waals surface area (Å²) in [5, 5.41) is 4.61. The van der Waals surface area contributed by atoms with Crippen LogP contribution in [0.2, 0.25) is 0 Å². The molecule has 0 bridgehead atoms. The maximum atomic E-state index is 13.2. The Bertz CT molecular complexity index is 1190. The fourth-order valence-electron chi connectivity index (χ4n) is 3.28. The Morgan fingerprint density at radius 1 is 1.00 bits per heavy atom. The van der Waals surface area contributed by atoms with Crippen molar-refractivity contribution in [1.29, 1.82) is 0 Å². The van der Waals surface area contributed by atoms with E-state index in [4.69, 9.17) is 0 Å². The number of nitrogens with one attached hydrogen (secondary N) is 1. The van der Waals surface area contributed by atoms with Gasteiger partial charge in [0.2, 0.25) is 0 Å². The lowest BCUT2D eigenvalue weighted by molar-refractivity contribution is -0.274. The van der Waals surface area contributed by atoms with Crippen LogP contribution in [0.3, 0.4) is 0 Å². The predicted molar refractivity (Wildman–Crippen MR) is 115 cm³/mol. The molecular weight excluding hydrogens is 441 g/mol. The van der Waals surface area contributed by atoms with Gasteiger partial charge in [-0.15, -0.1) is 24.5 Å². The molecule has 1 aliphatic rings. The van der Waals surface area contributed by atoms with Crippen LogP contribution in [0.1, 0.15) is 16.0 Å². The maximum Gasteiger partial charge on any atom is 0.573 e. The molecule has 0 radical (unpaired) electrons. The molecule has 2 aromatic carbocycles. The van der Waals surface area contributed by atoms with Crippen LogP contribution in [0.25, 0.3) is 5.57 Å². The Morgan fingerprint density at radius 3 is 2.41 bits per heavy atom. The van der Waals surface area contributed by atoms with Crippen LogP contribution in [-0.4, -0.2) is 23.1 Å². The van der Waals surface area contributed by atoms with Gasteiger partial charge in [0.15, 0.2) is 0 Å². The van der Waals surface area contributed by atoms with E-state index in [9.17, 15) is 22.8 Å². The van der Waals surface area contributed by atoms with Crippen LogP contribution >= 0.6 is 11.3 Å². The summed E-state index contributed by atoms with van der Waals surface area (Å²) in [4.78, 5) is 28.1. The highest BCUT2D eigenvalue weighted by atomic mass is 32.1. The lowest BCUT2D eigenvalue weighted by atomic mass is 10.1. The number of ether oxygens (including phenoxy) is 1. The number of aryl methyl sites for hydroxylation is 1. The minimum absolute atomic E-state index is 0.00807. The summed E-state index contributed by atoms with van der Waals surface area (Å²) in [6, 6.07) is 16.0. The number of alkyl halides is 3. The van der Waals surface area contributed by atoms with Crippen molar-refractivity contribution in [3.05, 3.63) is 87.7 Å². The van der Waals surface area contributed by atoms with Crippen molar-refractivity contribution in [2.75, 3.05) is 5.32 Å². The van der Waals surface area contributed by atoms with Crippen molar-refractivity contribution in [2.24, 2.45) is 0 Å². The van der Waals surface area contributed by atoms with Crippen LogP contribution in [0.5, 0.6) is 5.75 Å². The number of rotatable bonds is 6. The van der Waals surface area contributed by atoms with Crippen molar-refractivity contribution < 1.29 is 27.5 Å². The third-order valence-electron chi connectivity index (χ3n) is 4.73. The Morgan fingerprint density at radius 2 is 1.75 bits per heavy atom. The summed E-state index contributed by atoms with van der Waals surface area (Å²) < 4.78 is 41.6. The standard InChI is InChI=1S/C23H17F3N2O3S/c1-14-7-9-15(10-8-14)13-28-21(29)19(18-6-3-11-32-18)20(22(28)30)27-16-4-2-5-17(12-16)31-23(24,25)26/h2-12,27H,13H2,1H3. The van der Waals surface area contributed by atoms with Gasteiger partial charge in [-0.3, -0.25) is 14.5 Å². The molecule has 0 unspecified atom stereocenters. The zero-order valence-corrected chi connectivity index (χ0v) is 17.6. The number of hydrogen-bond acceptors (Lipinski definition) is 5. The number of halogens is 3. The number of carbonyl (C=O) groups excluding carboxylic acids is 2. The first-order chi connectivity index (χ1) is 15.2. The Hall–Kier alpha value is -3.59. The van der Waals surface area contributed by atoms with Crippen LogP contribution in [-0.2, 0) is 16.1 Å². The van der Waals surface area contributed by atoms with Crippen LogP contribution in [0.4, 0.5) is 18.9 Å². The van der Waals surface area contributed by atoms with E-state index >= 15 is 0 Å². The topological polar surface area (TPSA) is 58.6 Å². The number of thiophene rings is 1. The van der Waals surface area contributed by atoms with E-state index in [2.05, 4.69) is 10.1 Å². The number of imide groups is 1. The van der Waals surface area contributed by atoms with Crippen molar-refractivity contribution >= 4 is 34.4 Å². The quantitative estimate of drug-likeness (QED) is 0.506. The molecule has 0 fully saturated rings. The van der Waals surface area contributed by atoms with Crippen LogP contribution in [0.15, 0.2) is 71.7 Å². The van der Waals surface area contributed by atoms with E-state index in [0.29, 0.717) is 4.88 Å². The summed E-state index contributed by atoms with van der Waals surface area (Å²) in [5.41, 5.74) is 2.21. The van der Waals surface area contributed by atoms with Crippen LogP contribution in [0, 0.1) is 6.92 Å². The molecule has 0 atom stereocenters. The Balaban J connectivity index is 1.66. The Kier molecular flexibility index (Phi) is 5.75. The van der Waals surface area contributed by atoms with E-state index < -0.39 is 23.9 Å². The monoisotopic (exact) mass is 458 g/mol. The number of amides is 2. The summed E-state index contributed by atoms with van der Waals surface area (Å²) in [6.45, 7) is 2.01. The van der Waals surface area contributed by atoms with Gasteiger partial charge < -0.3 is 10.1 Å². The van der Waals surface area contributed by atoms with Crippen molar-refractivity contribution in [1.82, 2.24) is 4.90 Å². The highest BCUT2D eigenvalue weighted by molar-refractivity contribution is 7.11. The molecule has 9 heteroatoms. The molecule has 0 aliphatic carbocycles. The van der Waals surface area contributed by atoms with Gasteiger partial charge in [-0.25, -0.2) is 0 Å². The lowest BCUT2D eigenvalue weighted by Crippen LogP contribution is -2.31. The first-order valence-corrected chi connectivity index (χ1v) is 10.4. The van der Waals surface area contributed by atoms with Crippen LogP contribution < -0.4 is 10.1 Å². The molecule has 0 spiro atoms. The second-order valence-electron chi connectivity index (χ2n) is 7.11. The number of nitrogens with zero attached hydrogens (tertiary/aromatic N) is 1. The smallest absolute Gasteiger partial charge is 0.406 e. The number of anilines is 1. The van der Waals surface area contributed by atoms with E-state index in [1.54, 1.807) is 17.5 Å². The fourth-order valence-corrected chi connectivity index (χ4v) is 4.04. The van der Waals surface area contributed by atoms with E-state index in [-0.39, 0.29) is 23.5 Å². The molecule has 0 saturated heterocycles. The van der Waals surface area contributed by atoms with Gasteiger partial charge in [-0.1, -0.05) is 42.0 Å². The normalized spacial score (nSPS) is 14.3. The van der Waals surface area contributed by atoms with Gasteiger partial charge in [0.05, 0.1) is 12.1 Å². The second-order valence-corrected chi connectivity index (χ2v) is 8.06. The molecule has 2 heterocycles. The average Bonchev–Trinajstić information content (AvgIpc) is 3.32. The minimum Gasteiger partial charge on any atom is -0.406 e. The van der Waals surface area contributed by atoms with Gasteiger partial charge in [0.25, 0.3) is 11.8 Å². The first-order valence-electron chi connectivity index (χ1n) is 9.54. The largest absolute Gasteiger partial charge is 0.573 e. The van der Waals surface area contributed by atoms with Gasteiger partial charge in [0, 0.05) is 16.6 Å². The molecule has 1 N–H and O–H groups in total. The summed E-state index contributed by atoms with van der Waals surface area (Å²) >= 11 is 1.29. The minimum atomic E-state index is -4.84. The molecule has 3 aromatic rings. The highest BCUT2D eigenvalue weighted by Crippen LogP contribution is 2.34. The fraction of sp³-hybridized carbons (Fsp3) is 0.130. The zero-order valence-electron chi connectivity index (χ0n) is 16.8. The maximum absolute atomic E-state index is 13.2. The summed E-state index contributed by atoms with van der Waals surface area (Å²) in [7, 11) is 0. The van der Waals surface area contributed by atoms with Gasteiger partial charge in [-0.05, 0) is 36.1 Å². The molecule has 32 heavy (non-hydrogen) atoms. The van der Waals surface area contributed by atoms with Gasteiger partial charge >= 0.3 is 6.36 Å².